The first kappa shape index (κ1) is 16.9. The second-order valence-corrected chi connectivity index (χ2v) is 8.63. The van der Waals surface area contributed by atoms with Crippen LogP contribution in [0.25, 0.3) is 11.0 Å². The lowest BCUT2D eigenvalue weighted by molar-refractivity contribution is 0.601. The number of hydrogen-bond acceptors (Lipinski definition) is 3. The van der Waals surface area contributed by atoms with Gasteiger partial charge in [0.25, 0.3) is 10.0 Å². The van der Waals surface area contributed by atoms with Crippen LogP contribution in [0.15, 0.2) is 40.0 Å². The highest BCUT2D eigenvalue weighted by atomic mass is 32.2. The molecule has 0 amide bonds. The van der Waals surface area contributed by atoms with Gasteiger partial charge in [-0.15, -0.1) is 0 Å². The predicted octanol–water partition coefficient (Wildman–Crippen LogP) is 2.47. The van der Waals surface area contributed by atoms with Crippen LogP contribution in [0, 0.1) is 6.92 Å². The Morgan fingerprint density at radius 2 is 1.62 bits per heavy atom. The normalized spacial score (nSPS) is 14.0. The Labute approximate surface area is 152 Å². The van der Waals surface area contributed by atoms with E-state index >= 15 is 0 Å². The van der Waals surface area contributed by atoms with Gasteiger partial charge < -0.3 is 0 Å². The maximum absolute atomic E-state index is 12.9. The smallest absolute Gasteiger partial charge is 0.295 e. The van der Waals surface area contributed by atoms with Crippen molar-refractivity contribution in [1.82, 2.24) is 9.13 Å². The van der Waals surface area contributed by atoms with E-state index in [1.165, 1.54) is 10.1 Å². The minimum absolute atomic E-state index is 0.141. The fourth-order valence-corrected chi connectivity index (χ4v) is 4.85. The number of aromatic nitrogens is 2. The first-order valence-corrected chi connectivity index (χ1v) is 10.1. The summed E-state index contributed by atoms with van der Waals surface area (Å²) >= 11 is 0. The second kappa shape index (κ2) is 5.74. The third-order valence-corrected chi connectivity index (χ3v) is 6.61. The van der Waals surface area contributed by atoms with Gasteiger partial charge in [0, 0.05) is 14.1 Å². The van der Waals surface area contributed by atoms with Crippen LogP contribution in [0.2, 0.25) is 0 Å². The van der Waals surface area contributed by atoms with Gasteiger partial charge >= 0.3 is 5.69 Å². The number of anilines is 1. The van der Waals surface area contributed by atoms with Gasteiger partial charge in [0.2, 0.25) is 0 Å². The predicted molar refractivity (Wildman–Crippen MR) is 102 cm³/mol. The van der Waals surface area contributed by atoms with E-state index in [1.54, 1.807) is 36.9 Å². The highest BCUT2D eigenvalue weighted by Crippen LogP contribution is 2.28. The van der Waals surface area contributed by atoms with Crippen LogP contribution < -0.4 is 10.4 Å². The Balaban J connectivity index is 1.77. The minimum Gasteiger partial charge on any atom is -0.295 e. The van der Waals surface area contributed by atoms with Gasteiger partial charge in [0.15, 0.2) is 0 Å². The standard InChI is InChI=1S/C19H21N3O3S/c1-12-9-17-18(22(3)19(23)21(17)2)11-16(12)20-26(24,25)15-8-7-13-5-4-6-14(13)10-15/h7-11,20H,4-6H2,1-3H3. The molecule has 1 aliphatic carbocycles. The van der Waals surface area contributed by atoms with Crippen LogP contribution in [-0.4, -0.2) is 17.6 Å². The summed E-state index contributed by atoms with van der Waals surface area (Å²) in [4.78, 5) is 12.4. The number of rotatable bonds is 3. The molecule has 6 nitrogen and oxygen atoms in total. The first-order chi connectivity index (χ1) is 12.3. The number of benzene rings is 2. The quantitative estimate of drug-likeness (QED) is 0.769. The molecule has 0 radical (unpaired) electrons. The van der Waals surface area contributed by atoms with E-state index < -0.39 is 10.0 Å². The molecule has 1 aliphatic rings. The third kappa shape index (κ3) is 2.54. The molecule has 0 fully saturated rings. The van der Waals surface area contributed by atoms with Crippen LogP contribution in [-0.2, 0) is 37.0 Å². The molecule has 1 aromatic heterocycles. The molecule has 0 atom stereocenters. The maximum Gasteiger partial charge on any atom is 0.328 e. The van der Waals surface area contributed by atoms with Crippen molar-refractivity contribution in [3.05, 3.63) is 57.5 Å². The fourth-order valence-electron chi connectivity index (χ4n) is 3.68. The van der Waals surface area contributed by atoms with Crippen molar-refractivity contribution in [2.75, 3.05) is 4.72 Å². The van der Waals surface area contributed by atoms with Crippen molar-refractivity contribution < 1.29 is 8.42 Å². The SMILES string of the molecule is Cc1cc2c(cc1NS(=O)(=O)c1ccc3c(c1)CCC3)n(C)c(=O)n2C. The minimum atomic E-state index is -3.69. The van der Waals surface area contributed by atoms with Gasteiger partial charge in [-0.1, -0.05) is 6.07 Å². The van der Waals surface area contributed by atoms with E-state index in [-0.39, 0.29) is 10.6 Å². The van der Waals surface area contributed by atoms with Crippen molar-refractivity contribution in [2.45, 2.75) is 31.1 Å². The first-order valence-electron chi connectivity index (χ1n) is 8.58. The third-order valence-electron chi connectivity index (χ3n) is 5.24. The second-order valence-electron chi connectivity index (χ2n) is 6.95. The largest absolute Gasteiger partial charge is 0.328 e. The van der Waals surface area contributed by atoms with Crippen molar-refractivity contribution >= 4 is 26.7 Å². The number of nitrogens with zero attached hydrogens (tertiary/aromatic N) is 2. The molecule has 2 aromatic carbocycles. The van der Waals surface area contributed by atoms with E-state index in [4.69, 9.17) is 0 Å². The van der Waals surface area contributed by atoms with Crippen LogP contribution in [0.5, 0.6) is 0 Å². The molecular formula is C19H21N3O3S. The summed E-state index contributed by atoms with van der Waals surface area (Å²) in [5, 5.41) is 0. The molecule has 7 heteroatoms. The van der Waals surface area contributed by atoms with Crippen molar-refractivity contribution in [1.29, 1.82) is 0 Å². The van der Waals surface area contributed by atoms with Crippen molar-refractivity contribution in [3.8, 4) is 0 Å². The highest BCUT2D eigenvalue weighted by molar-refractivity contribution is 7.92. The van der Waals surface area contributed by atoms with Crippen LogP contribution in [0.3, 0.4) is 0 Å². The Morgan fingerprint density at radius 3 is 2.35 bits per heavy atom. The summed E-state index contributed by atoms with van der Waals surface area (Å²) in [5.74, 6) is 0. The summed E-state index contributed by atoms with van der Waals surface area (Å²) < 4.78 is 31.5. The van der Waals surface area contributed by atoms with Gasteiger partial charge in [-0.05, 0) is 67.1 Å². The molecule has 0 saturated heterocycles. The zero-order valence-electron chi connectivity index (χ0n) is 15.0. The Morgan fingerprint density at radius 1 is 0.962 bits per heavy atom. The number of imidazole rings is 1. The number of sulfonamides is 1. The van der Waals surface area contributed by atoms with E-state index in [1.807, 2.05) is 19.1 Å². The summed E-state index contributed by atoms with van der Waals surface area (Å²) in [6, 6.07) is 8.90. The van der Waals surface area contributed by atoms with Gasteiger partial charge in [0.1, 0.15) is 0 Å². The molecule has 0 spiro atoms. The molecule has 0 saturated carbocycles. The fraction of sp³-hybridized carbons (Fsp3) is 0.316. The van der Waals surface area contributed by atoms with Crippen LogP contribution >= 0.6 is 0 Å². The lowest BCUT2D eigenvalue weighted by atomic mass is 10.1. The Kier molecular flexibility index (Phi) is 3.73. The van der Waals surface area contributed by atoms with Crippen LogP contribution in [0.4, 0.5) is 5.69 Å². The zero-order valence-corrected chi connectivity index (χ0v) is 15.9. The average Bonchev–Trinajstić information content (AvgIpc) is 3.15. The summed E-state index contributed by atoms with van der Waals surface area (Å²) in [6.07, 6.45) is 3.01. The van der Waals surface area contributed by atoms with Gasteiger partial charge in [0.05, 0.1) is 21.6 Å². The monoisotopic (exact) mass is 371 g/mol. The molecule has 0 unspecified atom stereocenters. The maximum atomic E-state index is 12.9. The summed E-state index contributed by atoms with van der Waals surface area (Å²) in [5.41, 5.74) is 4.93. The lowest BCUT2D eigenvalue weighted by Crippen LogP contribution is -2.19. The molecule has 0 bridgehead atoms. The van der Waals surface area contributed by atoms with E-state index in [9.17, 15) is 13.2 Å². The number of nitrogens with one attached hydrogen (secondary N) is 1. The van der Waals surface area contributed by atoms with Gasteiger partial charge in [-0.3, -0.25) is 13.9 Å². The molecule has 26 heavy (non-hydrogen) atoms. The summed E-state index contributed by atoms with van der Waals surface area (Å²) in [7, 11) is -0.300. The van der Waals surface area contributed by atoms with E-state index in [0.29, 0.717) is 11.2 Å². The van der Waals surface area contributed by atoms with E-state index in [2.05, 4.69) is 4.72 Å². The molecule has 136 valence electrons. The zero-order chi connectivity index (χ0) is 18.6. The van der Waals surface area contributed by atoms with Gasteiger partial charge in [-0.2, -0.15) is 0 Å². The topological polar surface area (TPSA) is 73.1 Å². The average molecular weight is 371 g/mol. The van der Waals surface area contributed by atoms with Crippen LogP contribution in [0.1, 0.15) is 23.1 Å². The molecule has 4 rings (SSSR count). The van der Waals surface area contributed by atoms with Crippen molar-refractivity contribution in [3.63, 3.8) is 0 Å². The Hall–Kier alpha value is -2.54. The molecule has 1 N–H and O–H groups in total. The number of hydrogen-bond donors (Lipinski definition) is 1. The van der Waals surface area contributed by atoms with E-state index in [0.717, 1.165) is 35.9 Å². The Bertz CT molecular complexity index is 1200. The van der Waals surface area contributed by atoms with Gasteiger partial charge in [-0.25, -0.2) is 13.2 Å². The molecule has 3 aromatic rings. The van der Waals surface area contributed by atoms with Crippen molar-refractivity contribution in [2.24, 2.45) is 14.1 Å². The number of fused-ring (bicyclic) bond motifs is 2. The molecule has 0 aliphatic heterocycles. The summed E-state index contributed by atoms with van der Waals surface area (Å²) in [6.45, 7) is 1.83. The molecular weight excluding hydrogens is 350 g/mol. The number of aryl methyl sites for hydroxylation is 5. The molecule has 1 heterocycles. The highest BCUT2D eigenvalue weighted by Gasteiger charge is 2.20. The lowest BCUT2D eigenvalue weighted by Gasteiger charge is -2.12.